The molecule has 29 heavy (non-hydrogen) atoms. The van der Waals surface area contributed by atoms with Gasteiger partial charge in [0.2, 0.25) is 0 Å². The van der Waals surface area contributed by atoms with Crippen LogP contribution in [0.25, 0.3) is 16.8 Å². The molecule has 1 aromatic heterocycles. The SMILES string of the molecule is COc1ccc(-c2cc(C(=O)N3CC=C(c4ccccc4)CC3)[nH]n2)c(OC)c1. The Morgan fingerprint density at radius 2 is 1.90 bits per heavy atom. The van der Waals surface area contributed by atoms with Crippen molar-refractivity contribution in [2.75, 3.05) is 27.3 Å². The van der Waals surface area contributed by atoms with E-state index in [0.717, 1.165) is 12.0 Å². The molecule has 6 nitrogen and oxygen atoms in total. The molecular weight excluding hydrogens is 366 g/mol. The Kier molecular flexibility index (Phi) is 5.33. The van der Waals surface area contributed by atoms with E-state index in [4.69, 9.17) is 9.47 Å². The summed E-state index contributed by atoms with van der Waals surface area (Å²) in [6.45, 7) is 1.27. The van der Waals surface area contributed by atoms with Crippen LogP contribution >= 0.6 is 0 Å². The fraction of sp³-hybridized carbons (Fsp3) is 0.217. The Labute approximate surface area is 169 Å². The summed E-state index contributed by atoms with van der Waals surface area (Å²) in [5.74, 6) is 1.29. The minimum Gasteiger partial charge on any atom is -0.497 e. The van der Waals surface area contributed by atoms with Gasteiger partial charge in [-0.05, 0) is 35.8 Å². The topological polar surface area (TPSA) is 67.5 Å². The summed E-state index contributed by atoms with van der Waals surface area (Å²) in [7, 11) is 3.21. The number of hydrogen-bond donors (Lipinski definition) is 1. The van der Waals surface area contributed by atoms with Crippen LogP contribution < -0.4 is 9.47 Å². The van der Waals surface area contributed by atoms with E-state index in [2.05, 4.69) is 28.4 Å². The van der Waals surface area contributed by atoms with E-state index in [1.165, 1.54) is 11.1 Å². The molecule has 1 aliphatic rings. The van der Waals surface area contributed by atoms with E-state index in [9.17, 15) is 4.79 Å². The van der Waals surface area contributed by atoms with Gasteiger partial charge in [0, 0.05) is 24.7 Å². The smallest absolute Gasteiger partial charge is 0.272 e. The number of H-pyrrole nitrogens is 1. The number of amides is 1. The molecule has 0 spiro atoms. The van der Waals surface area contributed by atoms with Crippen molar-refractivity contribution < 1.29 is 14.3 Å². The van der Waals surface area contributed by atoms with E-state index in [-0.39, 0.29) is 5.91 Å². The lowest BCUT2D eigenvalue weighted by Gasteiger charge is -2.26. The highest BCUT2D eigenvalue weighted by atomic mass is 16.5. The summed E-state index contributed by atoms with van der Waals surface area (Å²) in [5, 5.41) is 7.20. The lowest BCUT2D eigenvalue weighted by atomic mass is 9.99. The van der Waals surface area contributed by atoms with Gasteiger partial charge in [-0.1, -0.05) is 36.4 Å². The molecule has 148 valence electrons. The normalized spacial score (nSPS) is 13.7. The average molecular weight is 389 g/mol. The van der Waals surface area contributed by atoms with Crippen molar-refractivity contribution in [1.82, 2.24) is 15.1 Å². The maximum atomic E-state index is 12.9. The highest BCUT2D eigenvalue weighted by Gasteiger charge is 2.22. The first-order chi connectivity index (χ1) is 14.2. The van der Waals surface area contributed by atoms with Crippen molar-refractivity contribution in [2.45, 2.75) is 6.42 Å². The van der Waals surface area contributed by atoms with Crippen LogP contribution in [0.3, 0.4) is 0 Å². The largest absolute Gasteiger partial charge is 0.497 e. The number of methoxy groups -OCH3 is 2. The predicted molar refractivity (Wildman–Crippen MR) is 112 cm³/mol. The van der Waals surface area contributed by atoms with Gasteiger partial charge in [-0.25, -0.2) is 0 Å². The highest BCUT2D eigenvalue weighted by Crippen LogP contribution is 2.32. The molecule has 0 aliphatic carbocycles. The van der Waals surface area contributed by atoms with E-state index in [0.29, 0.717) is 36.0 Å². The molecule has 1 amide bonds. The maximum absolute atomic E-state index is 12.9. The van der Waals surface area contributed by atoms with Gasteiger partial charge in [0.15, 0.2) is 0 Å². The zero-order chi connectivity index (χ0) is 20.2. The van der Waals surface area contributed by atoms with Gasteiger partial charge < -0.3 is 14.4 Å². The first-order valence-electron chi connectivity index (χ1n) is 9.51. The number of carbonyl (C=O) groups is 1. The molecule has 0 saturated heterocycles. The lowest BCUT2D eigenvalue weighted by molar-refractivity contribution is 0.0767. The molecule has 0 fully saturated rings. The van der Waals surface area contributed by atoms with Gasteiger partial charge in [-0.15, -0.1) is 0 Å². The third-order valence-electron chi connectivity index (χ3n) is 5.13. The van der Waals surface area contributed by atoms with E-state index < -0.39 is 0 Å². The molecule has 2 aromatic carbocycles. The Morgan fingerprint density at radius 1 is 1.07 bits per heavy atom. The summed E-state index contributed by atoms with van der Waals surface area (Å²) < 4.78 is 10.7. The number of rotatable bonds is 5. The number of hydrogen-bond acceptors (Lipinski definition) is 4. The quantitative estimate of drug-likeness (QED) is 0.716. The van der Waals surface area contributed by atoms with E-state index in [1.807, 2.05) is 35.2 Å². The molecule has 3 aromatic rings. The highest BCUT2D eigenvalue weighted by molar-refractivity contribution is 5.94. The van der Waals surface area contributed by atoms with Gasteiger partial charge in [0.1, 0.15) is 17.2 Å². The molecule has 0 bridgehead atoms. The van der Waals surface area contributed by atoms with Crippen molar-refractivity contribution in [1.29, 1.82) is 0 Å². The van der Waals surface area contributed by atoms with Crippen molar-refractivity contribution in [3.05, 3.63) is 71.9 Å². The second kappa shape index (κ2) is 8.22. The lowest BCUT2D eigenvalue weighted by Crippen LogP contribution is -2.34. The van der Waals surface area contributed by atoms with Crippen LogP contribution in [0.5, 0.6) is 11.5 Å². The van der Waals surface area contributed by atoms with Crippen molar-refractivity contribution in [3.8, 4) is 22.8 Å². The number of aromatic amines is 1. The molecule has 0 saturated carbocycles. The third kappa shape index (κ3) is 3.87. The predicted octanol–water partition coefficient (Wildman–Crippen LogP) is 4.02. The standard InChI is InChI=1S/C23H23N3O3/c1-28-18-8-9-19(22(14-18)29-2)20-15-21(25-24-20)23(27)26-12-10-17(11-13-26)16-6-4-3-5-7-16/h3-10,14-15H,11-13H2,1-2H3,(H,24,25). The van der Waals surface area contributed by atoms with Gasteiger partial charge in [-0.3, -0.25) is 9.89 Å². The summed E-state index contributed by atoms with van der Waals surface area (Å²) in [4.78, 5) is 14.7. The molecule has 1 aliphatic heterocycles. The minimum absolute atomic E-state index is 0.0559. The summed E-state index contributed by atoms with van der Waals surface area (Å²) in [5.41, 5.74) is 4.42. The van der Waals surface area contributed by atoms with Crippen LogP contribution in [0.2, 0.25) is 0 Å². The monoisotopic (exact) mass is 389 g/mol. The molecule has 6 heteroatoms. The average Bonchev–Trinajstić information content (AvgIpc) is 3.29. The fourth-order valence-corrected chi connectivity index (χ4v) is 3.52. The molecular formula is C23H23N3O3. The Bertz CT molecular complexity index is 1040. The Balaban J connectivity index is 1.50. The van der Waals surface area contributed by atoms with Crippen LogP contribution in [-0.4, -0.2) is 48.3 Å². The van der Waals surface area contributed by atoms with E-state index in [1.54, 1.807) is 26.4 Å². The maximum Gasteiger partial charge on any atom is 0.272 e. The van der Waals surface area contributed by atoms with Crippen LogP contribution in [0, 0.1) is 0 Å². The summed E-state index contributed by atoms with van der Waals surface area (Å²) >= 11 is 0. The third-order valence-corrected chi connectivity index (χ3v) is 5.13. The number of nitrogens with zero attached hydrogens (tertiary/aromatic N) is 2. The molecule has 0 atom stereocenters. The number of aromatic nitrogens is 2. The minimum atomic E-state index is -0.0559. The number of ether oxygens (including phenoxy) is 2. The molecule has 0 radical (unpaired) electrons. The van der Waals surface area contributed by atoms with Crippen LogP contribution in [0.4, 0.5) is 0 Å². The van der Waals surface area contributed by atoms with Gasteiger partial charge in [0.25, 0.3) is 5.91 Å². The van der Waals surface area contributed by atoms with Crippen molar-refractivity contribution in [2.24, 2.45) is 0 Å². The second-order valence-electron chi connectivity index (χ2n) is 6.83. The molecule has 4 rings (SSSR count). The van der Waals surface area contributed by atoms with Crippen LogP contribution in [0.1, 0.15) is 22.5 Å². The zero-order valence-electron chi connectivity index (χ0n) is 16.5. The summed E-state index contributed by atoms with van der Waals surface area (Å²) in [6, 6.07) is 17.6. The first kappa shape index (κ1) is 18.8. The number of nitrogens with one attached hydrogen (secondary N) is 1. The van der Waals surface area contributed by atoms with E-state index >= 15 is 0 Å². The molecule has 1 N–H and O–H groups in total. The number of benzene rings is 2. The molecule has 0 unspecified atom stereocenters. The second-order valence-corrected chi connectivity index (χ2v) is 6.83. The zero-order valence-corrected chi connectivity index (χ0v) is 16.5. The Hall–Kier alpha value is -3.54. The summed E-state index contributed by atoms with van der Waals surface area (Å²) in [6.07, 6.45) is 2.96. The van der Waals surface area contributed by atoms with Crippen molar-refractivity contribution >= 4 is 11.5 Å². The van der Waals surface area contributed by atoms with Gasteiger partial charge in [0.05, 0.1) is 19.9 Å². The van der Waals surface area contributed by atoms with Gasteiger partial charge >= 0.3 is 0 Å². The number of carbonyl (C=O) groups excluding carboxylic acids is 1. The van der Waals surface area contributed by atoms with Crippen molar-refractivity contribution in [3.63, 3.8) is 0 Å². The molecule has 2 heterocycles. The van der Waals surface area contributed by atoms with Gasteiger partial charge in [-0.2, -0.15) is 5.10 Å². The Morgan fingerprint density at radius 3 is 2.59 bits per heavy atom. The fourth-order valence-electron chi connectivity index (χ4n) is 3.52. The first-order valence-corrected chi connectivity index (χ1v) is 9.51. The van der Waals surface area contributed by atoms with Crippen LogP contribution in [-0.2, 0) is 0 Å². The van der Waals surface area contributed by atoms with Crippen LogP contribution in [0.15, 0.2) is 60.7 Å².